The average molecular weight is 370 g/mol. The monoisotopic (exact) mass is 370 g/mol. The number of rotatable bonds is 4. The molecule has 0 bridgehead atoms. The highest BCUT2D eigenvalue weighted by atomic mass is 16.3. The van der Waals surface area contributed by atoms with E-state index in [4.69, 9.17) is 4.42 Å². The van der Waals surface area contributed by atoms with Gasteiger partial charge < -0.3 is 14.6 Å². The van der Waals surface area contributed by atoms with Crippen LogP contribution in [0, 0.1) is 5.92 Å². The normalized spacial score (nSPS) is 26.3. The van der Waals surface area contributed by atoms with Crippen LogP contribution in [0.3, 0.4) is 0 Å². The molecule has 2 aliphatic heterocycles. The van der Waals surface area contributed by atoms with E-state index in [0.717, 1.165) is 63.3 Å². The highest BCUT2D eigenvalue weighted by Crippen LogP contribution is 2.36. The van der Waals surface area contributed by atoms with E-state index in [9.17, 15) is 4.79 Å². The zero-order chi connectivity index (χ0) is 18.8. The summed E-state index contributed by atoms with van der Waals surface area (Å²) in [6.07, 6.45) is 7.05. The van der Waals surface area contributed by atoms with Crippen LogP contribution < -0.4 is 5.32 Å². The Bertz CT molecular complexity index is 775. The third kappa shape index (κ3) is 3.81. The van der Waals surface area contributed by atoms with Gasteiger partial charge in [-0.1, -0.05) is 13.8 Å². The number of piperidine rings is 2. The van der Waals surface area contributed by atoms with Crippen molar-refractivity contribution in [2.24, 2.45) is 5.92 Å². The summed E-state index contributed by atoms with van der Waals surface area (Å²) >= 11 is 0. The largest absolute Gasteiger partial charge is 0.464 e. The van der Waals surface area contributed by atoms with Gasteiger partial charge in [0.05, 0.1) is 12.1 Å². The molecule has 2 saturated heterocycles. The molecule has 3 atom stereocenters. The van der Waals surface area contributed by atoms with E-state index >= 15 is 0 Å². The highest BCUT2D eigenvalue weighted by Gasteiger charge is 2.34. The van der Waals surface area contributed by atoms with Crippen molar-refractivity contribution in [1.82, 2.24) is 20.0 Å². The lowest BCUT2D eigenvalue weighted by Crippen LogP contribution is -2.40. The van der Waals surface area contributed by atoms with Crippen molar-refractivity contribution in [2.45, 2.75) is 58.0 Å². The summed E-state index contributed by atoms with van der Waals surface area (Å²) in [6, 6.07) is 6.28. The molecule has 1 N–H and O–H groups in total. The molecule has 4 rings (SSSR count). The Hall–Kier alpha value is -2.08. The Morgan fingerprint density at radius 2 is 2.22 bits per heavy atom. The number of nitrogens with zero attached hydrogens (tertiary/aromatic N) is 3. The van der Waals surface area contributed by atoms with E-state index in [2.05, 4.69) is 24.3 Å². The van der Waals surface area contributed by atoms with Gasteiger partial charge in [0, 0.05) is 25.7 Å². The van der Waals surface area contributed by atoms with Crippen molar-refractivity contribution in [2.75, 3.05) is 19.6 Å². The van der Waals surface area contributed by atoms with Crippen molar-refractivity contribution in [1.29, 1.82) is 0 Å². The molecular weight excluding hydrogens is 340 g/mol. The first-order valence-electron chi connectivity index (χ1n) is 10.3. The molecule has 6 heteroatoms. The number of aromatic nitrogens is 2. The van der Waals surface area contributed by atoms with Gasteiger partial charge in [-0.05, 0) is 56.3 Å². The van der Waals surface area contributed by atoms with Crippen LogP contribution in [0.15, 0.2) is 28.8 Å². The first kappa shape index (κ1) is 18.3. The topological polar surface area (TPSA) is 63.3 Å². The standard InChI is InChI=1S/C21H30N4O2/c1-3-17-6-7-20(27-17)19-13-15(2)8-11-24(19)21(26)18-9-12-25(23-18)16-5-4-10-22-14-16/h6-7,9,12,15-16,19,22H,3-5,8,10-11,13-14H2,1-2H3. The number of furan rings is 1. The second-order valence-corrected chi connectivity index (χ2v) is 7.98. The number of amides is 1. The molecule has 146 valence electrons. The first-order valence-corrected chi connectivity index (χ1v) is 10.3. The minimum Gasteiger partial charge on any atom is -0.464 e. The molecule has 0 saturated carbocycles. The molecule has 27 heavy (non-hydrogen) atoms. The first-order chi connectivity index (χ1) is 13.2. The molecule has 0 aromatic carbocycles. The van der Waals surface area contributed by atoms with Gasteiger partial charge in [-0.3, -0.25) is 9.48 Å². The Morgan fingerprint density at radius 1 is 1.33 bits per heavy atom. The number of carbonyl (C=O) groups is 1. The van der Waals surface area contributed by atoms with E-state index in [-0.39, 0.29) is 11.9 Å². The maximum Gasteiger partial charge on any atom is 0.274 e. The predicted octanol–water partition coefficient (Wildman–Crippen LogP) is 3.58. The summed E-state index contributed by atoms with van der Waals surface area (Å²) in [7, 11) is 0. The lowest BCUT2D eigenvalue weighted by atomic mass is 9.91. The summed E-state index contributed by atoms with van der Waals surface area (Å²) in [5, 5.41) is 8.04. The van der Waals surface area contributed by atoms with Crippen LogP contribution in [-0.2, 0) is 6.42 Å². The SMILES string of the molecule is CCc1ccc(C2CC(C)CCN2C(=O)c2ccn(C3CCCNC3)n2)o1. The van der Waals surface area contributed by atoms with E-state index < -0.39 is 0 Å². The molecule has 2 fully saturated rings. The predicted molar refractivity (Wildman–Crippen MR) is 104 cm³/mol. The van der Waals surface area contributed by atoms with Crippen LogP contribution in [0.4, 0.5) is 0 Å². The van der Waals surface area contributed by atoms with Crippen LogP contribution >= 0.6 is 0 Å². The average Bonchev–Trinajstić information content (AvgIpc) is 3.38. The van der Waals surface area contributed by atoms with E-state index in [1.165, 1.54) is 0 Å². The lowest BCUT2D eigenvalue weighted by molar-refractivity contribution is 0.0511. The fourth-order valence-electron chi connectivity index (χ4n) is 4.28. The number of aryl methyl sites for hydroxylation is 1. The minimum absolute atomic E-state index is 0.00282. The Labute approximate surface area is 160 Å². The second-order valence-electron chi connectivity index (χ2n) is 7.98. The fourth-order valence-corrected chi connectivity index (χ4v) is 4.28. The quantitative estimate of drug-likeness (QED) is 0.894. The molecular formula is C21H30N4O2. The van der Waals surface area contributed by atoms with Gasteiger partial charge in [0.1, 0.15) is 17.2 Å². The van der Waals surface area contributed by atoms with Gasteiger partial charge in [-0.25, -0.2) is 0 Å². The fraction of sp³-hybridized carbons (Fsp3) is 0.619. The van der Waals surface area contributed by atoms with Crippen LogP contribution in [0.2, 0.25) is 0 Å². The van der Waals surface area contributed by atoms with Gasteiger partial charge in [-0.15, -0.1) is 0 Å². The van der Waals surface area contributed by atoms with Crippen LogP contribution in [0.1, 0.15) is 73.6 Å². The van der Waals surface area contributed by atoms with Crippen LogP contribution in [-0.4, -0.2) is 40.2 Å². The molecule has 0 spiro atoms. The zero-order valence-corrected chi connectivity index (χ0v) is 16.4. The smallest absolute Gasteiger partial charge is 0.274 e. The number of carbonyl (C=O) groups excluding carboxylic acids is 1. The van der Waals surface area contributed by atoms with Crippen molar-refractivity contribution in [3.63, 3.8) is 0 Å². The van der Waals surface area contributed by atoms with Crippen molar-refractivity contribution in [3.05, 3.63) is 41.6 Å². The highest BCUT2D eigenvalue weighted by molar-refractivity contribution is 5.92. The molecule has 2 aromatic rings. The number of likely N-dealkylation sites (tertiary alicyclic amines) is 1. The summed E-state index contributed by atoms with van der Waals surface area (Å²) in [5.41, 5.74) is 0.544. The summed E-state index contributed by atoms with van der Waals surface area (Å²) in [5.74, 6) is 2.48. The Balaban J connectivity index is 1.54. The second kappa shape index (κ2) is 7.89. The minimum atomic E-state index is 0.00282. The molecule has 1 amide bonds. The molecule has 0 aliphatic carbocycles. The molecule has 2 aromatic heterocycles. The molecule has 4 heterocycles. The van der Waals surface area contributed by atoms with Crippen molar-refractivity contribution >= 4 is 5.91 Å². The van der Waals surface area contributed by atoms with E-state index in [1.54, 1.807) is 0 Å². The van der Waals surface area contributed by atoms with Gasteiger partial charge in [0.15, 0.2) is 0 Å². The third-order valence-corrected chi connectivity index (χ3v) is 5.96. The number of hydrogen-bond donors (Lipinski definition) is 1. The van der Waals surface area contributed by atoms with Gasteiger partial charge in [0.25, 0.3) is 5.91 Å². The maximum absolute atomic E-state index is 13.3. The van der Waals surface area contributed by atoms with Gasteiger partial charge >= 0.3 is 0 Å². The Kier molecular flexibility index (Phi) is 5.34. The Morgan fingerprint density at radius 3 is 2.96 bits per heavy atom. The molecule has 6 nitrogen and oxygen atoms in total. The molecule has 0 radical (unpaired) electrons. The lowest BCUT2D eigenvalue weighted by Gasteiger charge is -2.37. The molecule has 2 aliphatic rings. The summed E-state index contributed by atoms with van der Waals surface area (Å²) < 4.78 is 7.97. The van der Waals surface area contributed by atoms with E-state index in [0.29, 0.717) is 17.7 Å². The number of nitrogens with one attached hydrogen (secondary N) is 1. The van der Waals surface area contributed by atoms with Crippen LogP contribution in [0.5, 0.6) is 0 Å². The van der Waals surface area contributed by atoms with Crippen molar-refractivity contribution in [3.8, 4) is 0 Å². The van der Waals surface area contributed by atoms with Crippen molar-refractivity contribution < 1.29 is 9.21 Å². The maximum atomic E-state index is 13.3. The zero-order valence-electron chi connectivity index (χ0n) is 16.4. The van der Waals surface area contributed by atoms with Gasteiger partial charge in [0.2, 0.25) is 0 Å². The van der Waals surface area contributed by atoms with Gasteiger partial charge in [-0.2, -0.15) is 5.10 Å². The number of hydrogen-bond acceptors (Lipinski definition) is 4. The summed E-state index contributed by atoms with van der Waals surface area (Å²) in [4.78, 5) is 15.2. The van der Waals surface area contributed by atoms with E-state index in [1.807, 2.05) is 34.0 Å². The summed E-state index contributed by atoms with van der Waals surface area (Å²) in [6.45, 7) is 7.08. The molecule has 3 unspecified atom stereocenters. The third-order valence-electron chi connectivity index (χ3n) is 5.96. The van der Waals surface area contributed by atoms with Crippen LogP contribution in [0.25, 0.3) is 0 Å².